The fourth-order valence-electron chi connectivity index (χ4n) is 2.46. The number of nitrogens with one attached hydrogen (secondary N) is 2. The average Bonchev–Trinajstić information content (AvgIpc) is 2.82. The second kappa shape index (κ2) is 4.70. The van der Waals surface area contributed by atoms with Crippen LogP contribution in [0.4, 0.5) is 10.5 Å². The highest BCUT2D eigenvalue weighted by atomic mass is 16.4. The maximum Gasteiger partial charge on any atom is 0.409 e. The molecule has 0 spiro atoms. The van der Waals surface area contributed by atoms with Crippen molar-refractivity contribution in [2.45, 2.75) is 6.54 Å². The predicted octanol–water partition coefficient (Wildman–Crippen LogP) is 2.69. The van der Waals surface area contributed by atoms with E-state index in [9.17, 15) is 9.59 Å². The molecule has 3 rings (SSSR count). The Kier molecular flexibility index (Phi) is 2.87. The third-order valence-corrected chi connectivity index (χ3v) is 3.29. The van der Waals surface area contributed by atoms with Crippen LogP contribution in [0.1, 0.15) is 15.9 Å². The minimum atomic E-state index is -1.18. The fourth-order valence-corrected chi connectivity index (χ4v) is 2.46. The van der Waals surface area contributed by atoms with Gasteiger partial charge in [0.1, 0.15) is 0 Å². The molecule has 2 aromatic rings. The number of benzene rings is 2. The highest BCUT2D eigenvalue weighted by Gasteiger charge is 2.26. The zero-order valence-corrected chi connectivity index (χ0v) is 10.5. The van der Waals surface area contributed by atoms with E-state index in [-0.39, 0.29) is 5.91 Å². The molecule has 0 bridgehead atoms. The summed E-state index contributed by atoms with van der Waals surface area (Å²) >= 11 is 0. The van der Waals surface area contributed by atoms with Gasteiger partial charge in [-0.15, -0.1) is 0 Å². The first-order valence-corrected chi connectivity index (χ1v) is 6.16. The monoisotopic (exact) mass is 268 g/mol. The molecule has 0 atom stereocenters. The van der Waals surface area contributed by atoms with E-state index < -0.39 is 6.09 Å². The van der Waals surface area contributed by atoms with Crippen molar-refractivity contribution < 1.29 is 14.7 Å². The molecule has 1 aliphatic rings. The average molecular weight is 268 g/mol. The molecule has 0 fully saturated rings. The van der Waals surface area contributed by atoms with Gasteiger partial charge in [0.2, 0.25) is 0 Å². The quantitative estimate of drug-likeness (QED) is 0.783. The minimum absolute atomic E-state index is 0.249. The van der Waals surface area contributed by atoms with E-state index in [0.717, 1.165) is 16.7 Å². The Morgan fingerprint density at radius 1 is 1.15 bits per heavy atom. The molecule has 100 valence electrons. The number of amides is 2. The molecule has 0 saturated carbocycles. The summed E-state index contributed by atoms with van der Waals surface area (Å²) in [5.41, 5.74) is 3.50. The van der Waals surface area contributed by atoms with Crippen molar-refractivity contribution in [3.8, 4) is 11.1 Å². The van der Waals surface area contributed by atoms with E-state index in [1.807, 2.05) is 36.4 Å². The van der Waals surface area contributed by atoms with Crippen LogP contribution in [0, 0.1) is 0 Å². The number of hydrogen-bond donors (Lipinski definition) is 3. The molecule has 0 aliphatic carbocycles. The lowest BCUT2D eigenvalue weighted by Gasteiger charge is -2.11. The van der Waals surface area contributed by atoms with Crippen molar-refractivity contribution in [2.24, 2.45) is 0 Å². The lowest BCUT2D eigenvalue weighted by Crippen LogP contribution is -2.15. The number of hydrogen-bond acceptors (Lipinski definition) is 2. The predicted molar refractivity (Wildman–Crippen MR) is 74.7 cm³/mol. The molecule has 0 saturated heterocycles. The van der Waals surface area contributed by atoms with Gasteiger partial charge in [0, 0.05) is 6.54 Å². The van der Waals surface area contributed by atoms with E-state index >= 15 is 0 Å². The molecule has 3 N–H and O–H groups in total. The van der Waals surface area contributed by atoms with Gasteiger partial charge in [-0.05, 0) is 22.8 Å². The van der Waals surface area contributed by atoms with Gasteiger partial charge in [-0.3, -0.25) is 10.1 Å². The van der Waals surface area contributed by atoms with Gasteiger partial charge in [-0.25, -0.2) is 4.79 Å². The van der Waals surface area contributed by atoms with Crippen molar-refractivity contribution in [3.05, 3.63) is 53.6 Å². The summed E-state index contributed by atoms with van der Waals surface area (Å²) < 4.78 is 0. The van der Waals surface area contributed by atoms with Crippen LogP contribution in [0.15, 0.2) is 42.5 Å². The maximum absolute atomic E-state index is 11.9. The van der Waals surface area contributed by atoms with Crippen LogP contribution in [0.3, 0.4) is 0 Å². The number of carbonyl (C=O) groups is 2. The zero-order valence-electron chi connectivity index (χ0n) is 10.5. The number of anilines is 1. The Morgan fingerprint density at radius 3 is 2.60 bits per heavy atom. The summed E-state index contributed by atoms with van der Waals surface area (Å²) in [5.74, 6) is -0.249. The standard InChI is InChI=1S/C15H12N2O3/c18-14-13-11(8-16-14)10(9-4-2-1-3-5-9)6-7-12(13)17-15(19)20/h1-7,17H,8H2,(H,16,18)(H,19,20). The van der Waals surface area contributed by atoms with Gasteiger partial charge in [0.05, 0.1) is 11.3 Å². The first-order chi connectivity index (χ1) is 9.66. The van der Waals surface area contributed by atoms with E-state index in [2.05, 4.69) is 10.6 Å². The number of rotatable bonds is 2. The van der Waals surface area contributed by atoms with Crippen molar-refractivity contribution in [1.29, 1.82) is 0 Å². The van der Waals surface area contributed by atoms with Crippen molar-refractivity contribution in [2.75, 3.05) is 5.32 Å². The lowest BCUT2D eigenvalue weighted by molar-refractivity contribution is 0.0966. The number of fused-ring (bicyclic) bond motifs is 1. The zero-order chi connectivity index (χ0) is 14.1. The summed E-state index contributed by atoms with van der Waals surface area (Å²) in [6.07, 6.45) is -1.18. The normalized spacial score (nSPS) is 12.7. The highest BCUT2D eigenvalue weighted by Crippen LogP contribution is 2.33. The van der Waals surface area contributed by atoms with Crippen LogP contribution >= 0.6 is 0 Å². The molecule has 2 aromatic carbocycles. The Balaban J connectivity index is 2.16. The van der Waals surface area contributed by atoms with Gasteiger partial charge < -0.3 is 10.4 Å². The number of carboxylic acid groups (broad SMARTS) is 1. The molecular weight excluding hydrogens is 256 g/mol. The van der Waals surface area contributed by atoms with Crippen LogP contribution in [0.2, 0.25) is 0 Å². The Hall–Kier alpha value is -2.82. The van der Waals surface area contributed by atoms with Crippen molar-refractivity contribution in [3.63, 3.8) is 0 Å². The fraction of sp³-hybridized carbons (Fsp3) is 0.0667. The van der Waals surface area contributed by atoms with Crippen LogP contribution in [0.25, 0.3) is 11.1 Å². The smallest absolute Gasteiger partial charge is 0.409 e. The van der Waals surface area contributed by atoms with E-state index in [1.54, 1.807) is 6.07 Å². The van der Waals surface area contributed by atoms with E-state index in [4.69, 9.17) is 5.11 Å². The molecular formula is C15H12N2O3. The van der Waals surface area contributed by atoms with Crippen LogP contribution in [0.5, 0.6) is 0 Å². The van der Waals surface area contributed by atoms with Gasteiger partial charge in [-0.1, -0.05) is 36.4 Å². The SMILES string of the molecule is O=C(O)Nc1ccc(-c2ccccc2)c2c1C(=O)NC2. The van der Waals surface area contributed by atoms with Crippen LogP contribution < -0.4 is 10.6 Å². The van der Waals surface area contributed by atoms with Gasteiger partial charge in [0.25, 0.3) is 5.91 Å². The Bertz CT molecular complexity index is 696. The molecule has 2 amide bonds. The summed E-state index contributed by atoms with van der Waals surface area (Å²) in [6, 6.07) is 13.2. The minimum Gasteiger partial charge on any atom is -0.465 e. The summed E-state index contributed by atoms with van der Waals surface area (Å²) in [7, 11) is 0. The van der Waals surface area contributed by atoms with Gasteiger partial charge in [-0.2, -0.15) is 0 Å². The van der Waals surface area contributed by atoms with Crippen LogP contribution in [-0.2, 0) is 6.54 Å². The summed E-state index contributed by atoms with van der Waals surface area (Å²) in [6.45, 7) is 0.410. The largest absolute Gasteiger partial charge is 0.465 e. The maximum atomic E-state index is 11.9. The first-order valence-electron chi connectivity index (χ1n) is 6.16. The molecule has 1 heterocycles. The molecule has 5 nitrogen and oxygen atoms in total. The van der Waals surface area contributed by atoms with Crippen LogP contribution in [-0.4, -0.2) is 17.1 Å². The van der Waals surface area contributed by atoms with Gasteiger partial charge in [0.15, 0.2) is 0 Å². The second-order valence-corrected chi connectivity index (χ2v) is 4.49. The molecule has 0 aromatic heterocycles. The molecule has 20 heavy (non-hydrogen) atoms. The highest BCUT2D eigenvalue weighted by molar-refractivity contribution is 6.07. The molecule has 0 unspecified atom stereocenters. The Labute approximate surface area is 115 Å². The third kappa shape index (κ3) is 1.99. The lowest BCUT2D eigenvalue weighted by atomic mass is 9.95. The molecule has 1 aliphatic heterocycles. The Morgan fingerprint density at radius 2 is 1.90 bits per heavy atom. The van der Waals surface area contributed by atoms with Gasteiger partial charge >= 0.3 is 6.09 Å². The number of carbonyl (C=O) groups excluding carboxylic acids is 1. The first kappa shape index (κ1) is 12.2. The van der Waals surface area contributed by atoms with Crippen molar-refractivity contribution in [1.82, 2.24) is 5.32 Å². The topological polar surface area (TPSA) is 78.4 Å². The summed E-state index contributed by atoms with van der Waals surface area (Å²) in [4.78, 5) is 22.7. The second-order valence-electron chi connectivity index (χ2n) is 4.49. The molecule has 0 radical (unpaired) electrons. The van der Waals surface area contributed by atoms with E-state index in [0.29, 0.717) is 17.8 Å². The van der Waals surface area contributed by atoms with Crippen molar-refractivity contribution >= 4 is 17.7 Å². The third-order valence-electron chi connectivity index (χ3n) is 3.29. The van der Waals surface area contributed by atoms with E-state index in [1.165, 1.54) is 0 Å². The molecule has 5 heteroatoms. The summed E-state index contributed by atoms with van der Waals surface area (Å²) in [5, 5.41) is 13.8.